The fraction of sp³-hybridized carbons (Fsp3) is 0.310. The Balaban J connectivity index is 1.43. The van der Waals surface area contributed by atoms with E-state index in [4.69, 9.17) is 14.9 Å². The van der Waals surface area contributed by atoms with E-state index in [1.165, 1.54) is 18.6 Å². The fourth-order valence-corrected chi connectivity index (χ4v) is 4.92. The van der Waals surface area contributed by atoms with Crippen LogP contribution >= 0.6 is 0 Å². The number of anilines is 5. The average Bonchev–Trinajstić information content (AvgIpc) is 2.96. The number of methoxy groups -OCH3 is 1. The standard InChI is InChI=1S/C29H34N8O3/c1-4-29(38)35-24-12-25(27(39-3)14-26(24)37-9-7-36(8-10-37)21-16-40-17-21)34-28-13-23(32-18-33-28)19-5-6-20(15-30)22(11-19)31-2/h4-6,11-15,18,21,30-31H,1,7-10,16-17H2,2-3H3,(H,35,38)(H,32,33,34). The number of aromatic nitrogens is 2. The first-order chi connectivity index (χ1) is 19.5. The van der Waals surface area contributed by atoms with E-state index >= 15 is 0 Å². The molecule has 3 heterocycles. The maximum Gasteiger partial charge on any atom is 0.247 e. The highest BCUT2D eigenvalue weighted by Gasteiger charge is 2.30. The van der Waals surface area contributed by atoms with E-state index in [-0.39, 0.29) is 5.91 Å². The first-order valence-corrected chi connectivity index (χ1v) is 13.2. The molecule has 1 amide bonds. The van der Waals surface area contributed by atoms with Crippen molar-refractivity contribution in [3.63, 3.8) is 0 Å². The number of hydrogen-bond donors (Lipinski definition) is 4. The summed E-state index contributed by atoms with van der Waals surface area (Å²) < 4.78 is 11.1. The molecule has 3 aromatic rings. The van der Waals surface area contributed by atoms with Gasteiger partial charge in [0.05, 0.1) is 49.1 Å². The highest BCUT2D eigenvalue weighted by Crippen LogP contribution is 2.39. The van der Waals surface area contributed by atoms with E-state index in [1.807, 2.05) is 43.4 Å². The van der Waals surface area contributed by atoms with Gasteiger partial charge in [-0.05, 0) is 18.2 Å². The third kappa shape index (κ3) is 5.75. The Bertz CT molecular complexity index is 1400. The summed E-state index contributed by atoms with van der Waals surface area (Å²) >= 11 is 0. The van der Waals surface area contributed by atoms with Crippen molar-refractivity contribution in [2.24, 2.45) is 0 Å². The van der Waals surface area contributed by atoms with Crippen LogP contribution in [0.1, 0.15) is 5.56 Å². The minimum Gasteiger partial charge on any atom is -0.494 e. The van der Waals surface area contributed by atoms with Crippen molar-refractivity contribution < 1.29 is 14.3 Å². The number of nitrogens with zero attached hydrogens (tertiary/aromatic N) is 4. The van der Waals surface area contributed by atoms with Crippen molar-refractivity contribution in [1.82, 2.24) is 14.9 Å². The van der Waals surface area contributed by atoms with Gasteiger partial charge in [0, 0.05) is 68.4 Å². The van der Waals surface area contributed by atoms with E-state index in [0.717, 1.165) is 67.6 Å². The van der Waals surface area contributed by atoms with Gasteiger partial charge in [-0.1, -0.05) is 18.7 Å². The number of rotatable bonds is 10. The largest absolute Gasteiger partial charge is 0.494 e. The van der Waals surface area contributed by atoms with E-state index < -0.39 is 0 Å². The molecule has 0 atom stereocenters. The highest BCUT2D eigenvalue weighted by atomic mass is 16.5. The fourth-order valence-electron chi connectivity index (χ4n) is 4.92. The molecule has 0 unspecified atom stereocenters. The molecule has 2 aromatic carbocycles. The van der Waals surface area contributed by atoms with Gasteiger partial charge in [0.2, 0.25) is 5.91 Å². The second-order valence-electron chi connectivity index (χ2n) is 9.59. The van der Waals surface area contributed by atoms with Gasteiger partial charge in [-0.25, -0.2) is 9.97 Å². The second-order valence-corrected chi connectivity index (χ2v) is 9.59. The maximum atomic E-state index is 12.4. The Kier molecular flexibility index (Phi) is 8.23. The van der Waals surface area contributed by atoms with Crippen molar-refractivity contribution in [1.29, 1.82) is 5.41 Å². The molecule has 0 aliphatic carbocycles. The van der Waals surface area contributed by atoms with Gasteiger partial charge < -0.3 is 35.7 Å². The summed E-state index contributed by atoms with van der Waals surface area (Å²) in [4.78, 5) is 25.9. The van der Waals surface area contributed by atoms with Crippen molar-refractivity contribution in [3.05, 3.63) is 60.9 Å². The molecule has 2 fully saturated rings. The molecule has 5 rings (SSSR count). The van der Waals surface area contributed by atoms with Gasteiger partial charge in [-0.2, -0.15) is 0 Å². The van der Waals surface area contributed by atoms with Gasteiger partial charge in [0.15, 0.2) is 0 Å². The SMILES string of the molecule is C=CC(=O)Nc1cc(Nc2cc(-c3ccc(C=N)c(NC)c3)ncn2)c(OC)cc1N1CCN(C2COC2)CC1. The predicted octanol–water partition coefficient (Wildman–Crippen LogP) is 3.58. The molecular formula is C29H34N8O3. The normalized spacial score (nSPS) is 15.6. The molecule has 11 nitrogen and oxygen atoms in total. The number of nitrogens with one attached hydrogen (secondary N) is 4. The van der Waals surface area contributed by atoms with Crippen LogP contribution in [0.15, 0.2) is 55.4 Å². The van der Waals surface area contributed by atoms with Crippen molar-refractivity contribution >= 4 is 40.7 Å². The monoisotopic (exact) mass is 542 g/mol. The molecule has 1 aromatic heterocycles. The summed E-state index contributed by atoms with van der Waals surface area (Å²) in [5.74, 6) is 0.894. The van der Waals surface area contributed by atoms with Crippen LogP contribution in [0.25, 0.3) is 11.3 Å². The number of ether oxygens (including phenoxy) is 2. The van der Waals surface area contributed by atoms with Gasteiger partial charge in [-0.15, -0.1) is 0 Å². The summed E-state index contributed by atoms with van der Waals surface area (Å²) in [5.41, 5.74) is 5.42. The van der Waals surface area contributed by atoms with Gasteiger partial charge in [0.25, 0.3) is 0 Å². The van der Waals surface area contributed by atoms with Crippen LogP contribution in [0.2, 0.25) is 0 Å². The van der Waals surface area contributed by atoms with Crippen LogP contribution in [0, 0.1) is 5.41 Å². The lowest BCUT2D eigenvalue weighted by molar-refractivity contribution is -0.111. The van der Waals surface area contributed by atoms with Gasteiger partial charge in [-0.3, -0.25) is 9.69 Å². The highest BCUT2D eigenvalue weighted by molar-refractivity contribution is 6.02. The minimum atomic E-state index is -0.291. The van der Waals surface area contributed by atoms with E-state index in [2.05, 4.69) is 42.3 Å². The molecule has 2 saturated heterocycles. The topological polar surface area (TPSA) is 128 Å². The molecule has 11 heteroatoms. The van der Waals surface area contributed by atoms with Crippen molar-refractivity contribution in [2.75, 3.05) is 74.4 Å². The first kappa shape index (κ1) is 27.1. The summed E-state index contributed by atoms with van der Waals surface area (Å²) in [5, 5.41) is 17.0. The molecule has 2 aliphatic heterocycles. The summed E-state index contributed by atoms with van der Waals surface area (Å²) in [6.45, 7) is 8.70. The third-order valence-electron chi connectivity index (χ3n) is 7.26. The number of carbonyl (C=O) groups excluding carboxylic acids is 1. The third-order valence-corrected chi connectivity index (χ3v) is 7.26. The lowest BCUT2D eigenvalue weighted by atomic mass is 10.1. The van der Waals surface area contributed by atoms with Crippen LogP contribution in [0.3, 0.4) is 0 Å². The zero-order valence-corrected chi connectivity index (χ0v) is 22.7. The van der Waals surface area contributed by atoms with Crippen LogP contribution in [-0.4, -0.2) is 86.6 Å². The molecule has 40 heavy (non-hydrogen) atoms. The number of benzene rings is 2. The minimum absolute atomic E-state index is 0.291. The molecule has 0 saturated carbocycles. The smallest absolute Gasteiger partial charge is 0.247 e. The second kappa shape index (κ2) is 12.1. The van der Waals surface area contributed by atoms with Crippen molar-refractivity contribution in [2.45, 2.75) is 6.04 Å². The number of amides is 1. The molecule has 208 valence electrons. The molecule has 0 radical (unpaired) electrons. The van der Waals surface area contributed by atoms with E-state index in [9.17, 15) is 4.79 Å². The Hall–Kier alpha value is -4.48. The van der Waals surface area contributed by atoms with Crippen molar-refractivity contribution in [3.8, 4) is 17.0 Å². The molecule has 0 spiro atoms. The molecule has 0 bridgehead atoms. The zero-order chi connectivity index (χ0) is 28.1. The zero-order valence-electron chi connectivity index (χ0n) is 22.7. The molecular weight excluding hydrogens is 508 g/mol. The number of piperazine rings is 1. The summed E-state index contributed by atoms with van der Waals surface area (Å²) in [7, 11) is 3.44. The predicted molar refractivity (Wildman–Crippen MR) is 158 cm³/mol. The van der Waals surface area contributed by atoms with Gasteiger partial charge in [0.1, 0.15) is 17.9 Å². The Morgan fingerprint density at radius 1 is 1.10 bits per heavy atom. The van der Waals surface area contributed by atoms with Crippen LogP contribution in [-0.2, 0) is 9.53 Å². The Morgan fingerprint density at radius 3 is 2.55 bits per heavy atom. The number of hydrogen-bond acceptors (Lipinski definition) is 10. The van der Waals surface area contributed by atoms with Gasteiger partial charge >= 0.3 is 0 Å². The van der Waals surface area contributed by atoms with E-state index in [0.29, 0.717) is 29.0 Å². The van der Waals surface area contributed by atoms with Crippen LogP contribution in [0.4, 0.5) is 28.6 Å². The lowest BCUT2D eigenvalue weighted by Gasteiger charge is -2.43. The summed E-state index contributed by atoms with van der Waals surface area (Å²) in [6.07, 6.45) is 4.06. The van der Waals surface area contributed by atoms with Crippen LogP contribution < -0.4 is 25.6 Å². The molecule has 4 N–H and O–H groups in total. The van der Waals surface area contributed by atoms with E-state index in [1.54, 1.807) is 7.11 Å². The molecule has 2 aliphatic rings. The average molecular weight is 543 g/mol. The van der Waals surface area contributed by atoms with Crippen LogP contribution in [0.5, 0.6) is 5.75 Å². The lowest BCUT2D eigenvalue weighted by Crippen LogP contribution is -2.56. The summed E-state index contributed by atoms with van der Waals surface area (Å²) in [6, 6.07) is 11.9. The first-order valence-electron chi connectivity index (χ1n) is 13.2. The number of carbonyl (C=O) groups is 1. The Morgan fingerprint density at radius 2 is 1.90 bits per heavy atom. The Labute approximate surface area is 233 Å². The quantitative estimate of drug-likeness (QED) is 0.225. The maximum absolute atomic E-state index is 12.4.